The monoisotopic (exact) mass is 380 g/mol. The molecule has 2 rings (SSSR count). The van der Waals surface area contributed by atoms with E-state index in [2.05, 4.69) is 0 Å². The first-order valence-electron chi connectivity index (χ1n) is 8.11. The van der Waals surface area contributed by atoms with E-state index in [1.54, 1.807) is 30.3 Å². The van der Waals surface area contributed by atoms with Gasteiger partial charge in [-0.25, -0.2) is 4.79 Å². The molecule has 0 aromatic heterocycles. The lowest BCUT2D eigenvalue weighted by Crippen LogP contribution is -2.53. The minimum atomic E-state index is -1.65. The summed E-state index contributed by atoms with van der Waals surface area (Å²) in [5.74, 6) is -2.78. The summed E-state index contributed by atoms with van der Waals surface area (Å²) in [6.07, 6.45) is -2.60. The molecular weight excluding hydrogens is 360 g/mol. The van der Waals surface area contributed by atoms with Crippen LogP contribution in [-0.4, -0.2) is 55.1 Å². The van der Waals surface area contributed by atoms with Crippen molar-refractivity contribution in [2.75, 3.05) is 13.2 Å². The molecule has 1 aliphatic heterocycles. The molecular formula is C18H20O9. The Hall–Kier alpha value is -2.94. The number of hydrogen-bond acceptors (Lipinski definition) is 9. The van der Waals surface area contributed by atoms with E-state index in [0.717, 1.165) is 20.8 Å². The Balaban J connectivity index is 2.24. The van der Waals surface area contributed by atoms with Crippen LogP contribution < -0.4 is 0 Å². The second-order valence-corrected chi connectivity index (χ2v) is 5.92. The number of hydrogen-bond donors (Lipinski definition) is 0. The molecule has 1 aliphatic rings. The van der Waals surface area contributed by atoms with Gasteiger partial charge in [0.15, 0.2) is 0 Å². The average Bonchev–Trinajstić information content (AvgIpc) is 2.90. The highest BCUT2D eigenvalue weighted by Gasteiger charge is 2.58. The van der Waals surface area contributed by atoms with Crippen molar-refractivity contribution in [1.29, 1.82) is 0 Å². The Kier molecular flexibility index (Phi) is 6.51. The fraction of sp³-hybridized carbons (Fsp3) is 0.444. The molecule has 1 aromatic rings. The minimum Gasteiger partial charge on any atom is -0.458 e. The van der Waals surface area contributed by atoms with Crippen molar-refractivity contribution in [3.63, 3.8) is 0 Å². The first-order chi connectivity index (χ1) is 12.7. The lowest BCUT2D eigenvalue weighted by atomic mass is 10.00. The summed E-state index contributed by atoms with van der Waals surface area (Å²) >= 11 is 0. The minimum absolute atomic E-state index is 0.287. The highest BCUT2D eigenvalue weighted by Crippen LogP contribution is 2.33. The standard InChI is InChI=1S/C18H20O9/c1-11(19)25-15-17(26-12(2)20)24-10-18(15,27-13(3)21)9-23-16(22)14-7-5-4-6-8-14/h4-8,15,17H,9-10H2,1-3H3/t15-,17?,18+/m0/s1. The molecule has 0 saturated carbocycles. The molecule has 3 atom stereocenters. The molecule has 1 unspecified atom stereocenters. The van der Waals surface area contributed by atoms with Gasteiger partial charge in [-0.2, -0.15) is 0 Å². The van der Waals surface area contributed by atoms with Crippen molar-refractivity contribution >= 4 is 23.9 Å². The highest BCUT2D eigenvalue weighted by atomic mass is 16.7. The molecule has 0 N–H and O–H groups in total. The Morgan fingerprint density at radius 1 is 1.00 bits per heavy atom. The van der Waals surface area contributed by atoms with Crippen LogP contribution in [-0.2, 0) is 38.1 Å². The van der Waals surface area contributed by atoms with Crippen molar-refractivity contribution in [1.82, 2.24) is 0 Å². The van der Waals surface area contributed by atoms with Crippen LogP contribution in [0.1, 0.15) is 31.1 Å². The van der Waals surface area contributed by atoms with Crippen molar-refractivity contribution in [3.05, 3.63) is 35.9 Å². The van der Waals surface area contributed by atoms with Gasteiger partial charge in [0.1, 0.15) is 6.61 Å². The molecule has 0 radical (unpaired) electrons. The fourth-order valence-electron chi connectivity index (χ4n) is 2.61. The first-order valence-corrected chi connectivity index (χ1v) is 8.11. The summed E-state index contributed by atoms with van der Waals surface area (Å²) < 4.78 is 26.1. The van der Waals surface area contributed by atoms with Crippen LogP contribution in [0, 0.1) is 0 Å². The number of ether oxygens (including phenoxy) is 5. The average molecular weight is 380 g/mol. The summed E-state index contributed by atoms with van der Waals surface area (Å²) in [4.78, 5) is 46.6. The van der Waals surface area contributed by atoms with Gasteiger partial charge in [0, 0.05) is 20.8 Å². The number of esters is 4. The van der Waals surface area contributed by atoms with Crippen LogP contribution in [0.2, 0.25) is 0 Å². The molecule has 1 saturated heterocycles. The Morgan fingerprint density at radius 3 is 2.19 bits per heavy atom. The normalized spacial score (nSPS) is 24.0. The summed E-state index contributed by atoms with van der Waals surface area (Å²) in [7, 11) is 0. The van der Waals surface area contributed by atoms with Gasteiger partial charge < -0.3 is 23.7 Å². The van der Waals surface area contributed by atoms with E-state index in [1.807, 2.05) is 0 Å². The van der Waals surface area contributed by atoms with Crippen LogP contribution >= 0.6 is 0 Å². The first kappa shape index (κ1) is 20.4. The van der Waals surface area contributed by atoms with Gasteiger partial charge in [-0.1, -0.05) is 18.2 Å². The SMILES string of the molecule is CC(=O)OC1OC[C@@](COC(=O)c2ccccc2)(OC(C)=O)[C@H]1OC(C)=O. The van der Waals surface area contributed by atoms with Crippen molar-refractivity contribution < 1.29 is 42.9 Å². The summed E-state index contributed by atoms with van der Waals surface area (Å²) in [5, 5.41) is 0. The molecule has 0 aliphatic carbocycles. The van der Waals surface area contributed by atoms with Gasteiger partial charge in [-0.05, 0) is 12.1 Å². The topological polar surface area (TPSA) is 114 Å². The number of rotatable bonds is 6. The molecule has 1 aromatic carbocycles. The van der Waals surface area contributed by atoms with Crippen LogP contribution in [0.5, 0.6) is 0 Å². The van der Waals surface area contributed by atoms with E-state index >= 15 is 0 Å². The molecule has 9 heteroatoms. The maximum Gasteiger partial charge on any atom is 0.338 e. The Morgan fingerprint density at radius 2 is 1.63 bits per heavy atom. The van der Waals surface area contributed by atoms with Gasteiger partial charge in [-0.3, -0.25) is 14.4 Å². The van der Waals surface area contributed by atoms with Gasteiger partial charge in [0.05, 0.1) is 12.2 Å². The quantitative estimate of drug-likeness (QED) is 0.526. The second-order valence-electron chi connectivity index (χ2n) is 5.92. The highest BCUT2D eigenvalue weighted by molar-refractivity contribution is 5.89. The third-order valence-corrected chi connectivity index (χ3v) is 3.64. The van der Waals surface area contributed by atoms with E-state index < -0.39 is 48.5 Å². The van der Waals surface area contributed by atoms with Gasteiger partial charge >= 0.3 is 23.9 Å². The smallest absolute Gasteiger partial charge is 0.338 e. The third-order valence-electron chi connectivity index (χ3n) is 3.64. The predicted molar refractivity (Wildman–Crippen MR) is 88.3 cm³/mol. The molecule has 1 fully saturated rings. The summed E-state index contributed by atoms with van der Waals surface area (Å²) in [6.45, 7) is 2.67. The molecule has 9 nitrogen and oxygen atoms in total. The summed E-state index contributed by atoms with van der Waals surface area (Å²) in [6, 6.07) is 8.17. The molecule has 0 amide bonds. The van der Waals surface area contributed by atoms with E-state index in [4.69, 9.17) is 23.7 Å². The zero-order valence-electron chi connectivity index (χ0n) is 15.1. The zero-order valence-corrected chi connectivity index (χ0v) is 15.1. The maximum atomic E-state index is 12.2. The van der Waals surface area contributed by atoms with E-state index in [0.29, 0.717) is 0 Å². The Labute approximate surface area is 155 Å². The molecule has 1 heterocycles. The van der Waals surface area contributed by atoms with Crippen LogP contribution in [0.25, 0.3) is 0 Å². The van der Waals surface area contributed by atoms with Gasteiger partial charge in [0.25, 0.3) is 0 Å². The second kappa shape index (κ2) is 8.63. The molecule has 146 valence electrons. The lowest BCUT2D eigenvalue weighted by Gasteiger charge is -2.32. The zero-order chi connectivity index (χ0) is 20.0. The van der Waals surface area contributed by atoms with Gasteiger partial charge in [-0.15, -0.1) is 0 Å². The third kappa shape index (κ3) is 5.27. The summed E-state index contributed by atoms with van der Waals surface area (Å²) in [5.41, 5.74) is -1.36. The Bertz CT molecular complexity index is 715. The molecule has 0 spiro atoms. The predicted octanol–water partition coefficient (Wildman–Crippen LogP) is 0.996. The van der Waals surface area contributed by atoms with Crippen molar-refractivity contribution in [3.8, 4) is 0 Å². The maximum absolute atomic E-state index is 12.2. The number of benzene rings is 1. The van der Waals surface area contributed by atoms with Crippen LogP contribution in [0.4, 0.5) is 0 Å². The van der Waals surface area contributed by atoms with Crippen molar-refractivity contribution in [2.24, 2.45) is 0 Å². The molecule has 27 heavy (non-hydrogen) atoms. The van der Waals surface area contributed by atoms with Gasteiger partial charge in [0.2, 0.25) is 18.0 Å². The number of carbonyl (C=O) groups is 4. The largest absolute Gasteiger partial charge is 0.458 e. The van der Waals surface area contributed by atoms with Crippen molar-refractivity contribution in [2.45, 2.75) is 38.8 Å². The van der Waals surface area contributed by atoms with E-state index in [1.165, 1.54) is 0 Å². The van der Waals surface area contributed by atoms with Crippen LogP contribution in [0.15, 0.2) is 30.3 Å². The molecule has 0 bridgehead atoms. The fourth-order valence-corrected chi connectivity index (χ4v) is 2.61. The van der Waals surface area contributed by atoms with E-state index in [9.17, 15) is 19.2 Å². The van der Waals surface area contributed by atoms with Crippen LogP contribution in [0.3, 0.4) is 0 Å². The number of carbonyl (C=O) groups excluding carboxylic acids is 4. The van der Waals surface area contributed by atoms with E-state index in [-0.39, 0.29) is 12.2 Å². The lowest BCUT2D eigenvalue weighted by molar-refractivity contribution is -0.202.